The number of piperazine rings is 1. The van der Waals surface area contributed by atoms with Crippen LogP contribution in [0, 0.1) is 12.8 Å². The van der Waals surface area contributed by atoms with Crippen LogP contribution in [-0.4, -0.2) is 64.6 Å². The van der Waals surface area contributed by atoms with Gasteiger partial charge in [-0.25, -0.2) is 4.98 Å². The zero-order valence-corrected chi connectivity index (χ0v) is 17.5. The van der Waals surface area contributed by atoms with Crippen LogP contribution in [0.25, 0.3) is 0 Å². The molecule has 3 heterocycles. The molecule has 32 heavy (non-hydrogen) atoms. The van der Waals surface area contributed by atoms with Crippen LogP contribution < -0.4 is 10.2 Å². The van der Waals surface area contributed by atoms with Crippen LogP contribution in [0.2, 0.25) is 0 Å². The van der Waals surface area contributed by atoms with Gasteiger partial charge in [-0.2, -0.15) is 13.2 Å². The zero-order valence-electron chi connectivity index (χ0n) is 17.5. The number of oxazole rings is 1. The Bertz CT molecular complexity index is 979. The minimum atomic E-state index is -4.80. The number of hydrogen-bond donors (Lipinski definition) is 1. The van der Waals surface area contributed by atoms with Gasteiger partial charge in [-0.15, -0.1) is 10.2 Å². The first kappa shape index (κ1) is 22.0. The summed E-state index contributed by atoms with van der Waals surface area (Å²) in [6.45, 7) is 2.96. The molecule has 1 saturated heterocycles. The third-order valence-corrected chi connectivity index (χ3v) is 5.50. The SMILES string of the molecule is Cc1nc(C(=O)N2CCN(c3ccc(C(=O)NCCC4CC4)nn3)CC2)c(C(F)(F)F)o1. The van der Waals surface area contributed by atoms with Gasteiger partial charge in [0.05, 0.1) is 0 Å². The van der Waals surface area contributed by atoms with Gasteiger partial charge >= 0.3 is 6.18 Å². The van der Waals surface area contributed by atoms with E-state index in [9.17, 15) is 22.8 Å². The summed E-state index contributed by atoms with van der Waals surface area (Å²) in [6.07, 6.45) is -1.37. The highest BCUT2D eigenvalue weighted by molar-refractivity contribution is 5.93. The Kier molecular flexibility index (Phi) is 6.02. The maximum absolute atomic E-state index is 13.1. The molecule has 9 nitrogen and oxygen atoms in total. The molecular weight excluding hydrogens is 429 g/mol. The highest BCUT2D eigenvalue weighted by Gasteiger charge is 2.42. The Labute approximate surface area is 182 Å². The van der Waals surface area contributed by atoms with Gasteiger partial charge in [0.25, 0.3) is 11.8 Å². The normalized spacial score (nSPS) is 16.9. The molecule has 0 bridgehead atoms. The van der Waals surface area contributed by atoms with Gasteiger partial charge in [-0.3, -0.25) is 9.59 Å². The molecule has 4 rings (SSSR count). The van der Waals surface area contributed by atoms with E-state index in [2.05, 4.69) is 24.9 Å². The summed E-state index contributed by atoms with van der Waals surface area (Å²) >= 11 is 0. The standard InChI is InChI=1S/C20H23F3N6O3/c1-12-25-16(17(32-12)20(21,22)23)19(31)29-10-8-28(9-11-29)15-5-4-14(26-27-15)18(30)24-7-6-13-2-3-13/h4-5,13H,2-3,6-11H2,1H3,(H,24,30). The second kappa shape index (κ2) is 8.75. The Morgan fingerprint density at radius 1 is 1.16 bits per heavy atom. The topological polar surface area (TPSA) is 104 Å². The van der Waals surface area contributed by atoms with Gasteiger partial charge in [-0.05, 0) is 24.5 Å². The number of carbonyl (C=O) groups is 2. The molecule has 2 aliphatic rings. The Morgan fingerprint density at radius 2 is 1.88 bits per heavy atom. The number of carbonyl (C=O) groups excluding carboxylic acids is 2. The van der Waals surface area contributed by atoms with Gasteiger partial charge in [0, 0.05) is 39.6 Å². The molecular formula is C20H23F3N6O3. The Balaban J connectivity index is 1.32. The highest BCUT2D eigenvalue weighted by atomic mass is 19.4. The maximum Gasteiger partial charge on any atom is 0.452 e. The van der Waals surface area contributed by atoms with Crippen molar-refractivity contribution in [3.05, 3.63) is 35.2 Å². The lowest BCUT2D eigenvalue weighted by atomic mass is 10.2. The number of amides is 2. The van der Waals surface area contributed by atoms with Crippen molar-refractivity contribution in [2.45, 2.75) is 32.4 Å². The van der Waals surface area contributed by atoms with E-state index in [1.165, 1.54) is 24.7 Å². The maximum atomic E-state index is 13.1. The van der Waals surface area contributed by atoms with Crippen molar-refractivity contribution in [1.29, 1.82) is 0 Å². The van der Waals surface area contributed by atoms with E-state index in [4.69, 9.17) is 0 Å². The number of rotatable bonds is 6. The van der Waals surface area contributed by atoms with E-state index < -0.39 is 23.5 Å². The second-order valence-electron chi connectivity index (χ2n) is 7.95. The number of aryl methyl sites for hydroxylation is 1. The van der Waals surface area contributed by atoms with E-state index in [1.807, 2.05) is 4.90 Å². The monoisotopic (exact) mass is 452 g/mol. The van der Waals surface area contributed by atoms with Crippen molar-refractivity contribution in [2.75, 3.05) is 37.6 Å². The lowest BCUT2D eigenvalue weighted by Gasteiger charge is -2.34. The predicted octanol–water partition coefficient (Wildman–Crippen LogP) is 2.28. The fraction of sp³-hybridized carbons (Fsp3) is 0.550. The molecule has 2 aromatic heterocycles. The van der Waals surface area contributed by atoms with Gasteiger partial charge in [-0.1, -0.05) is 12.8 Å². The summed E-state index contributed by atoms with van der Waals surface area (Å²) in [7, 11) is 0. The molecule has 12 heteroatoms. The van der Waals surface area contributed by atoms with Crippen molar-refractivity contribution >= 4 is 17.6 Å². The number of alkyl halides is 3. The summed E-state index contributed by atoms with van der Waals surface area (Å²) in [6, 6.07) is 3.25. The van der Waals surface area contributed by atoms with E-state index in [0.29, 0.717) is 25.5 Å². The molecule has 1 N–H and O–H groups in total. The molecule has 0 spiro atoms. The minimum absolute atomic E-state index is 0.188. The van der Waals surface area contributed by atoms with Crippen LogP contribution >= 0.6 is 0 Å². The molecule has 0 aromatic carbocycles. The van der Waals surface area contributed by atoms with Crippen molar-refractivity contribution in [2.24, 2.45) is 5.92 Å². The number of aromatic nitrogens is 3. The van der Waals surface area contributed by atoms with Crippen LogP contribution in [0.4, 0.5) is 19.0 Å². The molecule has 172 valence electrons. The van der Waals surface area contributed by atoms with Crippen LogP contribution in [-0.2, 0) is 6.18 Å². The highest BCUT2D eigenvalue weighted by Crippen LogP contribution is 2.33. The van der Waals surface area contributed by atoms with Gasteiger partial charge in [0.1, 0.15) is 0 Å². The van der Waals surface area contributed by atoms with E-state index in [0.717, 1.165) is 12.3 Å². The first-order valence-electron chi connectivity index (χ1n) is 10.4. The molecule has 0 atom stereocenters. The summed E-state index contributed by atoms with van der Waals surface area (Å²) in [5.41, 5.74) is -0.500. The number of anilines is 1. The summed E-state index contributed by atoms with van der Waals surface area (Å²) in [5, 5.41) is 10.9. The van der Waals surface area contributed by atoms with Gasteiger partial charge in [0.15, 0.2) is 23.1 Å². The fourth-order valence-electron chi connectivity index (χ4n) is 3.55. The van der Waals surface area contributed by atoms with Crippen molar-refractivity contribution in [1.82, 2.24) is 25.4 Å². The molecule has 1 saturated carbocycles. The van der Waals surface area contributed by atoms with Crippen LogP contribution in [0.5, 0.6) is 0 Å². The number of halogens is 3. The lowest BCUT2D eigenvalue weighted by molar-refractivity contribution is -0.153. The zero-order chi connectivity index (χ0) is 22.9. The van der Waals surface area contributed by atoms with Crippen LogP contribution in [0.3, 0.4) is 0 Å². The molecule has 2 fully saturated rings. The fourth-order valence-corrected chi connectivity index (χ4v) is 3.55. The Hall–Kier alpha value is -3.18. The smallest absolute Gasteiger partial charge is 0.436 e. The van der Waals surface area contributed by atoms with Crippen molar-refractivity contribution in [3.8, 4) is 0 Å². The van der Waals surface area contributed by atoms with Gasteiger partial charge in [0.2, 0.25) is 5.76 Å². The van der Waals surface area contributed by atoms with E-state index in [1.54, 1.807) is 12.1 Å². The predicted molar refractivity (Wildman–Crippen MR) is 106 cm³/mol. The summed E-state index contributed by atoms with van der Waals surface area (Å²) in [4.78, 5) is 31.5. The largest absolute Gasteiger partial charge is 0.452 e. The van der Waals surface area contributed by atoms with Gasteiger partial charge < -0.3 is 19.5 Å². The van der Waals surface area contributed by atoms with E-state index in [-0.39, 0.29) is 30.6 Å². The number of nitrogens with one attached hydrogen (secondary N) is 1. The minimum Gasteiger partial charge on any atom is -0.436 e. The van der Waals surface area contributed by atoms with Crippen molar-refractivity contribution in [3.63, 3.8) is 0 Å². The molecule has 2 aromatic rings. The average molecular weight is 452 g/mol. The third-order valence-electron chi connectivity index (χ3n) is 5.50. The Morgan fingerprint density at radius 3 is 2.47 bits per heavy atom. The first-order chi connectivity index (χ1) is 15.2. The van der Waals surface area contributed by atoms with Crippen LogP contribution in [0.1, 0.15) is 51.9 Å². The molecule has 1 aliphatic heterocycles. The quantitative estimate of drug-likeness (QED) is 0.717. The van der Waals surface area contributed by atoms with Crippen LogP contribution in [0.15, 0.2) is 16.5 Å². The summed E-state index contributed by atoms with van der Waals surface area (Å²) in [5.74, 6) is -1.44. The molecule has 0 unspecified atom stereocenters. The molecule has 2 amide bonds. The average Bonchev–Trinajstić information content (AvgIpc) is 3.51. The first-order valence-corrected chi connectivity index (χ1v) is 10.4. The number of hydrogen-bond acceptors (Lipinski definition) is 7. The third kappa shape index (κ3) is 5.00. The molecule has 0 radical (unpaired) electrons. The second-order valence-corrected chi connectivity index (χ2v) is 7.95. The number of nitrogens with zero attached hydrogens (tertiary/aromatic N) is 5. The molecule has 1 aliphatic carbocycles. The van der Waals surface area contributed by atoms with E-state index >= 15 is 0 Å². The lowest BCUT2D eigenvalue weighted by Crippen LogP contribution is -2.49. The summed E-state index contributed by atoms with van der Waals surface area (Å²) < 4.78 is 43.9. The van der Waals surface area contributed by atoms with Crippen molar-refractivity contribution < 1.29 is 27.2 Å².